The number of benzene rings is 2. The third-order valence-corrected chi connectivity index (χ3v) is 6.15. The summed E-state index contributed by atoms with van der Waals surface area (Å²) in [7, 11) is 0. The van der Waals surface area contributed by atoms with Crippen LogP contribution in [-0.4, -0.2) is 42.4 Å². The fraction of sp³-hybridized carbons (Fsp3) is 0.417. The van der Waals surface area contributed by atoms with Crippen molar-refractivity contribution in [3.8, 4) is 0 Å². The molecular weight excluding hydrogens is 362 g/mol. The first-order chi connectivity index (χ1) is 14.1. The molecule has 1 fully saturated rings. The number of piperidine rings is 1. The molecule has 5 nitrogen and oxygen atoms in total. The van der Waals surface area contributed by atoms with Crippen LogP contribution < -0.4 is 10.2 Å². The Labute approximate surface area is 172 Å². The molecular formula is C24H29N3O2. The quantitative estimate of drug-likeness (QED) is 0.865. The second-order valence-corrected chi connectivity index (χ2v) is 8.19. The molecule has 0 aliphatic carbocycles. The Kier molecular flexibility index (Phi) is 5.95. The van der Waals surface area contributed by atoms with Gasteiger partial charge in [0.15, 0.2) is 0 Å². The normalized spacial score (nSPS) is 20.2. The average Bonchev–Trinajstić information content (AvgIpc) is 2.74. The molecule has 0 spiro atoms. The van der Waals surface area contributed by atoms with E-state index in [0.717, 1.165) is 50.1 Å². The molecule has 0 aromatic heterocycles. The van der Waals surface area contributed by atoms with E-state index in [-0.39, 0.29) is 23.8 Å². The van der Waals surface area contributed by atoms with Crippen LogP contribution in [0, 0.1) is 5.92 Å². The highest BCUT2D eigenvalue weighted by Gasteiger charge is 2.31. The Bertz CT molecular complexity index is 859. The number of anilines is 2. The minimum atomic E-state index is 0.0104. The Balaban J connectivity index is 1.32. The molecule has 0 bridgehead atoms. The van der Waals surface area contributed by atoms with Crippen LogP contribution in [-0.2, 0) is 16.0 Å². The van der Waals surface area contributed by atoms with E-state index in [4.69, 9.17) is 0 Å². The van der Waals surface area contributed by atoms with Gasteiger partial charge in [0.2, 0.25) is 11.8 Å². The molecule has 0 saturated carbocycles. The predicted octanol–water partition coefficient (Wildman–Crippen LogP) is 3.71. The summed E-state index contributed by atoms with van der Waals surface area (Å²) in [5, 5.41) is 3.00. The number of likely N-dealkylation sites (tertiary alicyclic amines) is 1. The molecule has 1 N–H and O–H groups in total. The zero-order valence-corrected chi connectivity index (χ0v) is 17.0. The van der Waals surface area contributed by atoms with Crippen LogP contribution in [0.5, 0.6) is 0 Å². The fourth-order valence-electron chi connectivity index (χ4n) is 4.45. The van der Waals surface area contributed by atoms with Gasteiger partial charge in [-0.25, -0.2) is 0 Å². The van der Waals surface area contributed by atoms with Crippen molar-refractivity contribution in [3.05, 3.63) is 60.2 Å². The maximum Gasteiger partial charge on any atom is 0.241 e. The first-order valence-corrected chi connectivity index (χ1v) is 10.6. The number of rotatable bonds is 4. The molecule has 1 saturated heterocycles. The zero-order chi connectivity index (χ0) is 20.2. The molecule has 5 heteroatoms. The molecule has 4 rings (SSSR count). The topological polar surface area (TPSA) is 52.7 Å². The number of fused-ring (bicyclic) bond motifs is 1. The summed E-state index contributed by atoms with van der Waals surface area (Å²) in [6.07, 6.45) is 3.61. The lowest BCUT2D eigenvalue weighted by atomic mass is 9.95. The average molecular weight is 392 g/mol. The van der Waals surface area contributed by atoms with Gasteiger partial charge in [0.05, 0.1) is 6.54 Å². The van der Waals surface area contributed by atoms with Gasteiger partial charge in [0.25, 0.3) is 0 Å². The summed E-state index contributed by atoms with van der Waals surface area (Å²) in [4.78, 5) is 29.8. The lowest BCUT2D eigenvalue weighted by Crippen LogP contribution is -2.49. The van der Waals surface area contributed by atoms with Gasteiger partial charge in [-0.3, -0.25) is 14.5 Å². The second kappa shape index (κ2) is 8.78. The summed E-state index contributed by atoms with van der Waals surface area (Å²) in [6, 6.07) is 18.1. The molecule has 2 aromatic carbocycles. The van der Waals surface area contributed by atoms with Crippen molar-refractivity contribution in [2.24, 2.45) is 5.92 Å². The number of nitrogens with zero attached hydrogens (tertiary/aromatic N) is 2. The smallest absolute Gasteiger partial charge is 0.241 e. The van der Waals surface area contributed by atoms with E-state index in [2.05, 4.69) is 29.3 Å². The molecule has 2 aliphatic rings. The van der Waals surface area contributed by atoms with Crippen molar-refractivity contribution >= 4 is 23.2 Å². The summed E-state index contributed by atoms with van der Waals surface area (Å²) in [6.45, 7) is 4.12. The SMILES string of the molecule is C[C@H]1CCc2ccccc2N1C(=O)CN1CCC(C(=O)Nc2ccccc2)CC1. The van der Waals surface area contributed by atoms with Crippen molar-refractivity contribution < 1.29 is 9.59 Å². The van der Waals surface area contributed by atoms with Gasteiger partial charge in [-0.1, -0.05) is 36.4 Å². The van der Waals surface area contributed by atoms with Crippen molar-refractivity contribution in [2.45, 2.75) is 38.6 Å². The van der Waals surface area contributed by atoms with E-state index >= 15 is 0 Å². The first-order valence-electron chi connectivity index (χ1n) is 10.6. The maximum atomic E-state index is 13.1. The van der Waals surface area contributed by atoms with E-state index in [1.165, 1.54) is 5.56 Å². The molecule has 2 aromatic rings. The van der Waals surface area contributed by atoms with Gasteiger partial charge in [-0.2, -0.15) is 0 Å². The molecule has 1 atom stereocenters. The van der Waals surface area contributed by atoms with Crippen molar-refractivity contribution in [1.29, 1.82) is 0 Å². The van der Waals surface area contributed by atoms with E-state index in [1.807, 2.05) is 47.4 Å². The highest BCUT2D eigenvalue weighted by atomic mass is 16.2. The van der Waals surface area contributed by atoms with Crippen LogP contribution in [0.3, 0.4) is 0 Å². The summed E-state index contributed by atoms with van der Waals surface area (Å²) < 4.78 is 0. The van der Waals surface area contributed by atoms with E-state index in [1.54, 1.807) is 0 Å². The molecule has 2 heterocycles. The predicted molar refractivity (Wildman–Crippen MR) is 116 cm³/mol. The number of carbonyl (C=O) groups excluding carboxylic acids is 2. The maximum absolute atomic E-state index is 13.1. The highest BCUT2D eigenvalue weighted by molar-refractivity contribution is 5.96. The summed E-state index contributed by atoms with van der Waals surface area (Å²) in [5.74, 6) is 0.258. The molecule has 29 heavy (non-hydrogen) atoms. The van der Waals surface area contributed by atoms with Gasteiger partial charge in [0.1, 0.15) is 0 Å². The molecule has 2 amide bonds. The van der Waals surface area contributed by atoms with E-state index in [0.29, 0.717) is 6.54 Å². The van der Waals surface area contributed by atoms with Crippen LogP contribution >= 0.6 is 0 Å². The minimum absolute atomic E-state index is 0.0104. The number of hydrogen-bond acceptors (Lipinski definition) is 3. The molecule has 0 radical (unpaired) electrons. The number of aryl methyl sites for hydroxylation is 1. The van der Waals surface area contributed by atoms with Gasteiger partial charge in [-0.05, 0) is 69.5 Å². The monoisotopic (exact) mass is 391 g/mol. The Morgan fingerprint density at radius 2 is 1.66 bits per heavy atom. The third-order valence-electron chi connectivity index (χ3n) is 6.15. The summed E-state index contributed by atoms with van der Waals surface area (Å²) in [5.41, 5.74) is 3.16. The number of nitrogens with one attached hydrogen (secondary N) is 1. The first kappa shape index (κ1) is 19.6. The lowest BCUT2D eigenvalue weighted by molar-refractivity contribution is -0.122. The minimum Gasteiger partial charge on any atom is -0.326 e. The van der Waals surface area contributed by atoms with Crippen LogP contribution in [0.2, 0.25) is 0 Å². The van der Waals surface area contributed by atoms with Gasteiger partial charge >= 0.3 is 0 Å². The highest BCUT2D eigenvalue weighted by Crippen LogP contribution is 2.31. The number of hydrogen-bond donors (Lipinski definition) is 1. The van der Waals surface area contributed by atoms with Crippen LogP contribution in [0.15, 0.2) is 54.6 Å². The molecule has 0 unspecified atom stereocenters. The fourth-order valence-corrected chi connectivity index (χ4v) is 4.45. The zero-order valence-electron chi connectivity index (χ0n) is 17.0. The van der Waals surface area contributed by atoms with Crippen LogP contribution in [0.25, 0.3) is 0 Å². The van der Waals surface area contributed by atoms with Gasteiger partial charge in [-0.15, -0.1) is 0 Å². The van der Waals surface area contributed by atoms with Crippen molar-refractivity contribution in [3.63, 3.8) is 0 Å². The third kappa shape index (κ3) is 4.51. The van der Waals surface area contributed by atoms with E-state index < -0.39 is 0 Å². The van der Waals surface area contributed by atoms with E-state index in [9.17, 15) is 9.59 Å². The largest absolute Gasteiger partial charge is 0.326 e. The number of para-hydroxylation sites is 2. The Morgan fingerprint density at radius 3 is 2.41 bits per heavy atom. The van der Waals surface area contributed by atoms with Crippen molar-refractivity contribution in [2.75, 3.05) is 29.9 Å². The lowest BCUT2D eigenvalue weighted by Gasteiger charge is -2.38. The summed E-state index contributed by atoms with van der Waals surface area (Å²) >= 11 is 0. The van der Waals surface area contributed by atoms with Crippen molar-refractivity contribution in [1.82, 2.24) is 4.90 Å². The van der Waals surface area contributed by atoms with Gasteiger partial charge in [0, 0.05) is 23.3 Å². The Morgan fingerprint density at radius 1 is 0.966 bits per heavy atom. The number of amides is 2. The van der Waals surface area contributed by atoms with Crippen LogP contribution in [0.1, 0.15) is 31.7 Å². The Hall–Kier alpha value is -2.66. The second-order valence-electron chi connectivity index (χ2n) is 8.19. The van der Waals surface area contributed by atoms with Gasteiger partial charge < -0.3 is 10.2 Å². The van der Waals surface area contributed by atoms with Crippen LogP contribution in [0.4, 0.5) is 11.4 Å². The standard InChI is InChI=1S/C24H29N3O2/c1-18-11-12-19-7-5-6-10-22(19)27(18)23(28)17-26-15-13-20(14-16-26)24(29)25-21-8-3-2-4-9-21/h2-10,18,20H,11-17H2,1H3,(H,25,29)/t18-/m0/s1. The number of carbonyl (C=O) groups is 2. The molecule has 152 valence electrons. The molecule has 2 aliphatic heterocycles.